The van der Waals surface area contributed by atoms with Gasteiger partial charge in [-0.3, -0.25) is 0 Å². The Morgan fingerprint density at radius 3 is 2.60 bits per heavy atom. The lowest BCUT2D eigenvalue weighted by Gasteiger charge is -2.02. The molecular formula is C23H16ClNO5. The average Bonchev–Trinajstić information content (AvgIpc) is 3.36. The summed E-state index contributed by atoms with van der Waals surface area (Å²) in [6.45, 7) is 2.08. The van der Waals surface area contributed by atoms with E-state index in [1.807, 2.05) is 0 Å². The first-order valence-electron chi connectivity index (χ1n) is 9.20. The molecule has 30 heavy (non-hydrogen) atoms. The minimum Gasteiger partial charge on any atom is -0.462 e. The van der Waals surface area contributed by atoms with Crippen LogP contribution in [0.3, 0.4) is 0 Å². The molecule has 0 radical (unpaired) electrons. The van der Waals surface area contributed by atoms with Crippen molar-refractivity contribution in [3.05, 3.63) is 88.3 Å². The van der Waals surface area contributed by atoms with E-state index < -0.39 is 5.97 Å². The lowest BCUT2D eigenvalue weighted by atomic mass is 10.1. The topological polar surface area (TPSA) is 78.1 Å². The number of esters is 2. The van der Waals surface area contributed by atoms with Crippen LogP contribution in [0.5, 0.6) is 0 Å². The maximum absolute atomic E-state index is 12.2. The van der Waals surface area contributed by atoms with Gasteiger partial charge in [0.1, 0.15) is 11.5 Å². The molecule has 7 heteroatoms. The molecule has 0 saturated carbocycles. The van der Waals surface area contributed by atoms with Crippen molar-refractivity contribution < 1.29 is 23.5 Å². The van der Waals surface area contributed by atoms with Crippen LogP contribution in [-0.4, -0.2) is 24.4 Å². The molecule has 0 spiro atoms. The molecule has 150 valence electrons. The zero-order chi connectivity index (χ0) is 21.1. The van der Waals surface area contributed by atoms with Crippen LogP contribution in [0.1, 0.15) is 28.6 Å². The van der Waals surface area contributed by atoms with E-state index in [0.717, 1.165) is 5.56 Å². The van der Waals surface area contributed by atoms with Gasteiger partial charge in [-0.25, -0.2) is 14.6 Å². The zero-order valence-corrected chi connectivity index (χ0v) is 16.7. The fourth-order valence-electron chi connectivity index (χ4n) is 2.86. The molecule has 1 aliphatic heterocycles. The van der Waals surface area contributed by atoms with E-state index in [1.54, 1.807) is 67.6 Å². The standard InChI is InChI=1S/C23H16ClNO5/c1-2-28-22(26)15-9-7-14(8-10-15)20-12-11-16(29-20)13-19-23(27)30-21(25-19)17-5-3-4-6-18(17)24/h3-13H,2H2,1H3. The molecule has 1 aliphatic rings. The van der Waals surface area contributed by atoms with Crippen LogP contribution in [0, 0.1) is 0 Å². The number of benzene rings is 2. The SMILES string of the molecule is CCOC(=O)c1ccc(-c2ccc(C=C3N=C(c4ccccc4Cl)OC3=O)o2)cc1. The van der Waals surface area contributed by atoms with Crippen LogP contribution in [-0.2, 0) is 14.3 Å². The summed E-state index contributed by atoms with van der Waals surface area (Å²) in [7, 11) is 0. The second-order valence-electron chi connectivity index (χ2n) is 6.32. The molecule has 0 N–H and O–H groups in total. The molecule has 2 heterocycles. The fraction of sp³-hybridized carbons (Fsp3) is 0.0870. The molecule has 6 nitrogen and oxygen atoms in total. The maximum Gasteiger partial charge on any atom is 0.363 e. The lowest BCUT2D eigenvalue weighted by molar-refractivity contribution is -0.129. The van der Waals surface area contributed by atoms with Gasteiger partial charge in [0.15, 0.2) is 5.70 Å². The molecule has 0 fully saturated rings. The summed E-state index contributed by atoms with van der Waals surface area (Å²) in [5.41, 5.74) is 1.90. The quantitative estimate of drug-likeness (QED) is 0.422. The first-order chi connectivity index (χ1) is 14.5. The minimum absolute atomic E-state index is 0.114. The summed E-state index contributed by atoms with van der Waals surface area (Å²) in [4.78, 5) is 28.2. The van der Waals surface area contributed by atoms with Crippen LogP contribution in [0.25, 0.3) is 17.4 Å². The smallest absolute Gasteiger partial charge is 0.363 e. The normalized spacial score (nSPS) is 14.5. The number of furan rings is 1. The largest absolute Gasteiger partial charge is 0.462 e. The van der Waals surface area contributed by atoms with Gasteiger partial charge in [0.25, 0.3) is 0 Å². The van der Waals surface area contributed by atoms with Crippen LogP contribution < -0.4 is 0 Å². The van der Waals surface area contributed by atoms with Crippen molar-refractivity contribution >= 4 is 35.5 Å². The van der Waals surface area contributed by atoms with Gasteiger partial charge in [0.05, 0.1) is 22.8 Å². The third-order valence-corrected chi connectivity index (χ3v) is 4.64. The van der Waals surface area contributed by atoms with Crippen LogP contribution in [0.15, 0.2) is 75.8 Å². The molecule has 0 bridgehead atoms. The Labute approximate surface area is 177 Å². The van der Waals surface area contributed by atoms with Crippen molar-refractivity contribution in [2.45, 2.75) is 6.92 Å². The van der Waals surface area contributed by atoms with Gasteiger partial charge in [0.2, 0.25) is 5.90 Å². The predicted octanol–water partition coefficient (Wildman–Crippen LogP) is 5.12. The van der Waals surface area contributed by atoms with Crippen molar-refractivity contribution in [1.82, 2.24) is 0 Å². The predicted molar refractivity (Wildman–Crippen MR) is 112 cm³/mol. The Hall–Kier alpha value is -3.64. The van der Waals surface area contributed by atoms with Gasteiger partial charge in [-0.2, -0.15) is 0 Å². The molecule has 3 aromatic rings. The highest BCUT2D eigenvalue weighted by Crippen LogP contribution is 2.27. The molecule has 4 rings (SSSR count). The Morgan fingerprint density at radius 2 is 1.87 bits per heavy atom. The van der Waals surface area contributed by atoms with Crippen molar-refractivity contribution in [3.8, 4) is 11.3 Å². The van der Waals surface area contributed by atoms with Gasteiger partial charge < -0.3 is 13.9 Å². The molecule has 0 saturated heterocycles. The third-order valence-electron chi connectivity index (χ3n) is 4.31. The van der Waals surface area contributed by atoms with Gasteiger partial charge in [-0.1, -0.05) is 35.9 Å². The number of hydrogen-bond acceptors (Lipinski definition) is 6. The molecule has 0 atom stereocenters. The van der Waals surface area contributed by atoms with Crippen LogP contribution >= 0.6 is 11.6 Å². The Bertz CT molecular complexity index is 1170. The number of rotatable bonds is 5. The zero-order valence-electron chi connectivity index (χ0n) is 15.9. The number of carbonyl (C=O) groups excluding carboxylic acids is 2. The first-order valence-corrected chi connectivity index (χ1v) is 9.58. The number of halogens is 1. The summed E-state index contributed by atoms with van der Waals surface area (Å²) in [5.74, 6) is 0.218. The first kappa shape index (κ1) is 19.7. The summed E-state index contributed by atoms with van der Waals surface area (Å²) < 4.78 is 16.0. The third kappa shape index (κ3) is 4.04. The van der Waals surface area contributed by atoms with Crippen molar-refractivity contribution in [3.63, 3.8) is 0 Å². The number of carbonyl (C=O) groups is 2. The van der Waals surface area contributed by atoms with E-state index in [4.69, 9.17) is 25.5 Å². The fourth-order valence-corrected chi connectivity index (χ4v) is 3.08. The number of ether oxygens (including phenoxy) is 2. The summed E-state index contributed by atoms with van der Waals surface area (Å²) in [6.07, 6.45) is 1.50. The number of hydrogen-bond donors (Lipinski definition) is 0. The van der Waals surface area contributed by atoms with Gasteiger partial charge in [-0.05, 0) is 43.3 Å². The molecule has 0 unspecified atom stereocenters. The number of aliphatic imine (C=N–C) groups is 1. The Morgan fingerprint density at radius 1 is 1.10 bits per heavy atom. The van der Waals surface area contributed by atoms with Gasteiger partial charge in [-0.15, -0.1) is 0 Å². The Balaban J connectivity index is 1.56. The molecule has 1 aromatic heterocycles. The highest BCUT2D eigenvalue weighted by Gasteiger charge is 2.25. The van der Waals surface area contributed by atoms with E-state index in [0.29, 0.717) is 34.3 Å². The van der Waals surface area contributed by atoms with Crippen LogP contribution in [0.2, 0.25) is 5.02 Å². The number of nitrogens with zero attached hydrogens (tertiary/aromatic N) is 1. The molecule has 2 aromatic carbocycles. The van der Waals surface area contributed by atoms with E-state index in [9.17, 15) is 9.59 Å². The summed E-state index contributed by atoms with van der Waals surface area (Å²) in [5, 5.41) is 0.442. The van der Waals surface area contributed by atoms with Crippen LogP contribution in [0.4, 0.5) is 0 Å². The van der Waals surface area contributed by atoms with Gasteiger partial charge >= 0.3 is 11.9 Å². The molecule has 0 amide bonds. The van der Waals surface area contributed by atoms with E-state index >= 15 is 0 Å². The highest BCUT2D eigenvalue weighted by atomic mass is 35.5. The van der Waals surface area contributed by atoms with Crippen molar-refractivity contribution in [2.75, 3.05) is 6.61 Å². The average molecular weight is 422 g/mol. The highest BCUT2D eigenvalue weighted by molar-refractivity contribution is 6.34. The number of cyclic esters (lactones) is 1. The molecule has 0 aliphatic carbocycles. The van der Waals surface area contributed by atoms with Crippen molar-refractivity contribution in [1.29, 1.82) is 0 Å². The second-order valence-corrected chi connectivity index (χ2v) is 6.72. The van der Waals surface area contributed by atoms with E-state index in [2.05, 4.69) is 4.99 Å². The summed E-state index contributed by atoms with van der Waals surface area (Å²) >= 11 is 6.14. The minimum atomic E-state index is -0.582. The lowest BCUT2D eigenvalue weighted by Crippen LogP contribution is -2.05. The van der Waals surface area contributed by atoms with E-state index in [1.165, 1.54) is 6.08 Å². The van der Waals surface area contributed by atoms with Gasteiger partial charge in [0, 0.05) is 11.6 Å². The second kappa shape index (κ2) is 8.39. The monoisotopic (exact) mass is 421 g/mol. The maximum atomic E-state index is 12.2. The summed E-state index contributed by atoms with van der Waals surface area (Å²) in [6, 6.07) is 17.3. The molecular weight excluding hydrogens is 406 g/mol. The van der Waals surface area contributed by atoms with E-state index in [-0.39, 0.29) is 17.6 Å². The Kier molecular flexibility index (Phi) is 5.50. The van der Waals surface area contributed by atoms with Crippen molar-refractivity contribution in [2.24, 2.45) is 4.99 Å².